The monoisotopic (exact) mass is 516 g/mol. The van der Waals surface area contributed by atoms with E-state index in [1.54, 1.807) is 54.6 Å². The van der Waals surface area contributed by atoms with E-state index in [0.717, 1.165) is 10.6 Å². The highest BCUT2D eigenvalue weighted by Crippen LogP contribution is 2.27. The van der Waals surface area contributed by atoms with Crippen molar-refractivity contribution in [3.8, 4) is 5.75 Å². The Morgan fingerprint density at radius 2 is 1.57 bits per heavy atom. The van der Waals surface area contributed by atoms with E-state index in [0.29, 0.717) is 17.7 Å². The number of methoxy groups -OCH3 is 1. The average molecular weight is 517 g/mol. The van der Waals surface area contributed by atoms with Crippen molar-refractivity contribution in [2.75, 3.05) is 24.2 Å². The van der Waals surface area contributed by atoms with Gasteiger partial charge < -0.3 is 10.1 Å². The number of carbonyl (C=O) groups excluding carboxylic acids is 1. The van der Waals surface area contributed by atoms with Crippen LogP contribution in [0.3, 0.4) is 0 Å². The number of nitrogens with zero attached hydrogens (tertiary/aromatic N) is 1. The highest BCUT2D eigenvalue weighted by Gasteiger charge is 2.28. The molecule has 0 aliphatic carbocycles. The van der Waals surface area contributed by atoms with E-state index in [1.165, 1.54) is 31.4 Å². The van der Waals surface area contributed by atoms with Gasteiger partial charge in [-0.3, -0.25) is 9.10 Å². The van der Waals surface area contributed by atoms with Crippen LogP contribution in [0, 0.1) is 0 Å². The normalized spacial score (nSPS) is 12.5. The predicted octanol–water partition coefficient (Wildman–Crippen LogP) is 3.56. The maximum absolute atomic E-state index is 13.5. The lowest BCUT2D eigenvalue weighted by atomic mass is 10.0. The number of ether oxygens (including phenoxy) is 1. The molecule has 0 aliphatic heterocycles. The van der Waals surface area contributed by atoms with Crippen molar-refractivity contribution in [3.05, 3.63) is 84.4 Å². The number of nitrogens with one attached hydrogen (secondary N) is 1. The second-order valence-electron chi connectivity index (χ2n) is 7.90. The van der Waals surface area contributed by atoms with Gasteiger partial charge in [0.05, 0.1) is 28.6 Å². The highest BCUT2D eigenvalue weighted by atomic mass is 32.2. The molecule has 1 amide bonds. The van der Waals surface area contributed by atoms with Crippen LogP contribution in [0.15, 0.2) is 88.7 Å². The van der Waals surface area contributed by atoms with Crippen LogP contribution in [0.5, 0.6) is 5.75 Å². The van der Waals surface area contributed by atoms with Gasteiger partial charge in [-0.2, -0.15) is 0 Å². The standard InChI is InChI=1S/C25H28N2O6S2/c1-4-24(19-13-15-22(16-14-19)34(3,29)30)26-25(28)18-27(20-9-8-10-21(17-20)33-2)35(31,32)23-11-6-5-7-12-23/h5-17,24H,4,18H2,1-3H3,(H,26,28). The molecule has 0 saturated heterocycles. The zero-order chi connectivity index (χ0) is 25.6. The number of amides is 1. The molecule has 0 aromatic heterocycles. The Hall–Kier alpha value is -3.37. The molecule has 0 radical (unpaired) electrons. The summed E-state index contributed by atoms with van der Waals surface area (Å²) in [6.07, 6.45) is 1.65. The molecular weight excluding hydrogens is 488 g/mol. The van der Waals surface area contributed by atoms with Gasteiger partial charge in [-0.15, -0.1) is 0 Å². The quantitative estimate of drug-likeness (QED) is 0.441. The fourth-order valence-electron chi connectivity index (χ4n) is 3.54. The average Bonchev–Trinajstić information content (AvgIpc) is 2.86. The Balaban J connectivity index is 1.89. The first-order chi connectivity index (χ1) is 16.6. The first-order valence-corrected chi connectivity index (χ1v) is 14.2. The second kappa shape index (κ2) is 10.9. The SMILES string of the molecule is CCC(NC(=O)CN(c1cccc(OC)c1)S(=O)(=O)c1ccccc1)c1ccc(S(C)(=O)=O)cc1. The van der Waals surface area contributed by atoms with Crippen LogP contribution in [0.2, 0.25) is 0 Å². The number of benzene rings is 3. The molecule has 186 valence electrons. The van der Waals surface area contributed by atoms with Gasteiger partial charge in [0.1, 0.15) is 12.3 Å². The molecule has 8 nitrogen and oxygen atoms in total. The third-order valence-electron chi connectivity index (χ3n) is 5.41. The van der Waals surface area contributed by atoms with Gasteiger partial charge in [0.25, 0.3) is 10.0 Å². The minimum absolute atomic E-state index is 0.0547. The van der Waals surface area contributed by atoms with Crippen molar-refractivity contribution >= 4 is 31.5 Å². The van der Waals surface area contributed by atoms with Crippen LogP contribution < -0.4 is 14.4 Å². The number of carbonyl (C=O) groups is 1. The van der Waals surface area contributed by atoms with E-state index >= 15 is 0 Å². The minimum Gasteiger partial charge on any atom is -0.497 e. The lowest BCUT2D eigenvalue weighted by molar-refractivity contribution is -0.120. The Morgan fingerprint density at radius 1 is 0.914 bits per heavy atom. The van der Waals surface area contributed by atoms with Crippen molar-refractivity contribution < 1.29 is 26.4 Å². The van der Waals surface area contributed by atoms with E-state index in [-0.39, 0.29) is 15.5 Å². The molecule has 3 aromatic rings. The van der Waals surface area contributed by atoms with E-state index in [2.05, 4.69) is 5.32 Å². The maximum atomic E-state index is 13.5. The number of anilines is 1. The topological polar surface area (TPSA) is 110 Å². The van der Waals surface area contributed by atoms with E-state index in [4.69, 9.17) is 4.74 Å². The number of sulfonamides is 1. The summed E-state index contributed by atoms with van der Waals surface area (Å²) >= 11 is 0. The van der Waals surface area contributed by atoms with Crippen molar-refractivity contribution in [1.82, 2.24) is 5.32 Å². The molecule has 3 rings (SSSR count). The lowest BCUT2D eigenvalue weighted by Gasteiger charge is -2.26. The summed E-state index contributed by atoms with van der Waals surface area (Å²) in [5.74, 6) is -0.0556. The summed E-state index contributed by atoms with van der Waals surface area (Å²) in [6, 6.07) is 20.2. The van der Waals surface area contributed by atoms with Gasteiger partial charge in [-0.25, -0.2) is 16.8 Å². The molecule has 0 fully saturated rings. The van der Waals surface area contributed by atoms with E-state index < -0.39 is 38.4 Å². The molecule has 0 bridgehead atoms. The third-order valence-corrected chi connectivity index (χ3v) is 8.33. The number of rotatable bonds is 10. The highest BCUT2D eigenvalue weighted by molar-refractivity contribution is 7.93. The summed E-state index contributed by atoms with van der Waals surface area (Å²) in [7, 11) is -5.92. The van der Waals surface area contributed by atoms with E-state index in [9.17, 15) is 21.6 Å². The molecule has 3 aromatic carbocycles. The summed E-state index contributed by atoms with van der Waals surface area (Å²) in [6.45, 7) is 1.41. The molecule has 10 heteroatoms. The summed E-state index contributed by atoms with van der Waals surface area (Å²) < 4.78 is 56.7. The Kier molecular flexibility index (Phi) is 8.18. The molecule has 0 aliphatic rings. The Morgan fingerprint density at radius 3 is 2.14 bits per heavy atom. The van der Waals surface area contributed by atoms with Crippen molar-refractivity contribution in [1.29, 1.82) is 0 Å². The van der Waals surface area contributed by atoms with Gasteiger partial charge in [-0.1, -0.05) is 43.3 Å². The fraction of sp³-hybridized carbons (Fsp3) is 0.240. The number of hydrogen-bond donors (Lipinski definition) is 1. The van der Waals surface area contributed by atoms with Gasteiger partial charge in [0.15, 0.2) is 9.84 Å². The smallest absolute Gasteiger partial charge is 0.264 e. The van der Waals surface area contributed by atoms with Crippen molar-refractivity contribution in [2.45, 2.75) is 29.2 Å². The maximum Gasteiger partial charge on any atom is 0.264 e. The minimum atomic E-state index is -4.05. The van der Waals surface area contributed by atoms with Crippen LogP contribution in [-0.4, -0.2) is 42.7 Å². The van der Waals surface area contributed by atoms with E-state index in [1.807, 2.05) is 6.92 Å². The van der Waals surface area contributed by atoms with Crippen molar-refractivity contribution in [3.63, 3.8) is 0 Å². The largest absolute Gasteiger partial charge is 0.497 e. The van der Waals surface area contributed by atoms with Gasteiger partial charge in [0, 0.05) is 12.3 Å². The number of hydrogen-bond acceptors (Lipinski definition) is 6. The predicted molar refractivity (Wildman–Crippen MR) is 135 cm³/mol. The zero-order valence-electron chi connectivity index (χ0n) is 19.7. The molecule has 0 saturated carbocycles. The van der Waals surface area contributed by atoms with Crippen LogP contribution in [0.4, 0.5) is 5.69 Å². The molecular formula is C25H28N2O6S2. The summed E-state index contributed by atoms with van der Waals surface area (Å²) in [5, 5.41) is 2.87. The fourth-order valence-corrected chi connectivity index (χ4v) is 5.60. The van der Waals surface area contributed by atoms with Gasteiger partial charge in [-0.05, 0) is 48.4 Å². The van der Waals surface area contributed by atoms with Crippen LogP contribution in [0.1, 0.15) is 24.9 Å². The first kappa shape index (κ1) is 26.2. The van der Waals surface area contributed by atoms with Crippen LogP contribution >= 0.6 is 0 Å². The molecule has 1 unspecified atom stereocenters. The van der Waals surface area contributed by atoms with Crippen molar-refractivity contribution in [2.24, 2.45) is 0 Å². The Labute approximate surface area is 206 Å². The summed E-state index contributed by atoms with van der Waals surface area (Å²) in [5.41, 5.74) is 1.00. The molecule has 1 atom stereocenters. The van der Waals surface area contributed by atoms with Gasteiger partial charge >= 0.3 is 0 Å². The second-order valence-corrected chi connectivity index (χ2v) is 11.8. The molecule has 35 heavy (non-hydrogen) atoms. The van der Waals surface area contributed by atoms with Crippen LogP contribution in [-0.2, 0) is 24.7 Å². The third kappa shape index (κ3) is 6.40. The Bertz CT molecular complexity index is 1370. The lowest BCUT2D eigenvalue weighted by Crippen LogP contribution is -2.42. The van der Waals surface area contributed by atoms with Gasteiger partial charge in [0.2, 0.25) is 5.91 Å². The first-order valence-electron chi connectivity index (χ1n) is 10.9. The van der Waals surface area contributed by atoms with Crippen LogP contribution in [0.25, 0.3) is 0 Å². The molecule has 0 heterocycles. The summed E-state index contributed by atoms with van der Waals surface area (Å²) in [4.78, 5) is 13.3. The zero-order valence-corrected chi connectivity index (χ0v) is 21.3. The molecule has 1 N–H and O–H groups in total. The molecule has 0 spiro atoms. The number of sulfone groups is 1.